The average molecular weight is 285 g/mol. The van der Waals surface area contributed by atoms with Crippen LogP contribution in [0.4, 0.5) is 0 Å². The molecule has 0 aromatic heterocycles. The van der Waals surface area contributed by atoms with Crippen LogP contribution < -0.4 is 0 Å². The molecule has 1 heterocycles. The standard InChI is InChI=1S/C12H15NO5S/c14-11-5-6-13(7-11)19(17,18)8-9-1-3-10(4-2-9)12(15)16/h1-4,11,14H,5-8H2,(H,15,16)/t11-/m1/s1. The molecule has 0 saturated carbocycles. The van der Waals surface area contributed by atoms with E-state index in [0.29, 0.717) is 18.5 Å². The van der Waals surface area contributed by atoms with Crippen LogP contribution in [0.15, 0.2) is 24.3 Å². The van der Waals surface area contributed by atoms with Crippen LogP contribution in [0.25, 0.3) is 0 Å². The molecule has 0 amide bonds. The summed E-state index contributed by atoms with van der Waals surface area (Å²) < 4.78 is 25.4. The Kier molecular flexibility index (Phi) is 3.88. The van der Waals surface area contributed by atoms with E-state index < -0.39 is 22.1 Å². The summed E-state index contributed by atoms with van der Waals surface area (Å²) in [4.78, 5) is 10.7. The second-order valence-electron chi connectivity index (χ2n) is 4.56. The molecular formula is C12H15NO5S. The van der Waals surface area contributed by atoms with E-state index in [0.717, 1.165) is 0 Å². The van der Waals surface area contributed by atoms with Gasteiger partial charge in [-0.3, -0.25) is 0 Å². The van der Waals surface area contributed by atoms with Gasteiger partial charge < -0.3 is 10.2 Å². The number of carboxylic acid groups (broad SMARTS) is 1. The maximum Gasteiger partial charge on any atom is 0.335 e. The van der Waals surface area contributed by atoms with Gasteiger partial charge in [0.15, 0.2) is 0 Å². The Labute approximate surface area is 111 Å². The molecule has 1 fully saturated rings. The summed E-state index contributed by atoms with van der Waals surface area (Å²) in [5, 5.41) is 18.1. The number of hydrogen-bond acceptors (Lipinski definition) is 4. The first kappa shape index (κ1) is 14.0. The van der Waals surface area contributed by atoms with Crippen LogP contribution in [-0.4, -0.2) is 48.1 Å². The Bertz CT molecular complexity index is 566. The van der Waals surface area contributed by atoms with Crippen LogP contribution in [-0.2, 0) is 15.8 Å². The minimum Gasteiger partial charge on any atom is -0.478 e. The van der Waals surface area contributed by atoms with Crippen molar-refractivity contribution in [1.29, 1.82) is 0 Å². The van der Waals surface area contributed by atoms with Crippen LogP contribution >= 0.6 is 0 Å². The summed E-state index contributed by atoms with van der Waals surface area (Å²) in [5.74, 6) is -1.23. The highest BCUT2D eigenvalue weighted by Crippen LogP contribution is 2.18. The zero-order valence-electron chi connectivity index (χ0n) is 10.2. The fourth-order valence-electron chi connectivity index (χ4n) is 2.01. The number of nitrogens with zero attached hydrogens (tertiary/aromatic N) is 1. The van der Waals surface area contributed by atoms with Crippen LogP contribution in [0.3, 0.4) is 0 Å². The number of benzene rings is 1. The predicted molar refractivity (Wildman–Crippen MR) is 68.2 cm³/mol. The van der Waals surface area contributed by atoms with Crippen molar-refractivity contribution in [3.8, 4) is 0 Å². The number of hydrogen-bond donors (Lipinski definition) is 2. The van der Waals surface area contributed by atoms with Gasteiger partial charge >= 0.3 is 5.97 Å². The molecule has 1 aliphatic rings. The lowest BCUT2D eigenvalue weighted by molar-refractivity contribution is 0.0697. The molecule has 0 bridgehead atoms. The molecule has 1 aromatic rings. The van der Waals surface area contributed by atoms with E-state index in [1.807, 2.05) is 0 Å². The van der Waals surface area contributed by atoms with Gasteiger partial charge in [-0.1, -0.05) is 12.1 Å². The molecule has 6 nitrogen and oxygen atoms in total. The molecule has 0 radical (unpaired) electrons. The second kappa shape index (κ2) is 5.28. The molecule has 104 valence electrons. The number of carboxylic acids is 1. The van der Waals surface area contributed by atoms with Crippen molar-refractivity contribution < 1.29 is 23.4 Å². The summed E-state index contributed by atoms with van der Waals surface area (Å²) in [6.45, 7) is 0.465. The fourth-order valence-corrected chi connectivity index (χ4v) is 3.59. The molecule has 19 heavy (non-hydrogen) atoms. The SMILES string of the molecule is O=C(O)c1ccc(CS(=O)(=O)N2CC[C@@H](O)C2)cc1. The Morgan fingerprint density at radius 1 is 1.32 bits per heavy atom. The van der Waals surface area contributed by atoms with Crippen LogP contribution in [0.5, 0.6) is 0 Å². The minimum absolute atomic E-state index is 0.123. The number of rotatable bonds is 4. The summed E-state index contributed by atoms with van der Waals surface area (Å²) >= 11 is 0. The normalized spacial score (nSPS) is 20.6. The van der Waals surface area contributed by atoms with Crippen molar-refractivity contribution in [3.05, 3.63) is 35.4 Å². The van der Waals surface area contributed by atoms with Crippen molar-refractivity contribution >= 4 is 16.0 Å². The molecule has 0 unspecified atom stereocenters. The van der Waals surface area contributed by atoms with E-state index >= 15 is 0 Å². The Balaban J connectivity index is 2.10. The Morgan fingerprint density at radius 3 is 2.42 bits per heavy atom. The van der Waals surface area contributed by atoms with E-state index in [9.17, 15) is 18.3 Å². The third-order valence-corrected chi connectivity index (χ3v) is 4.89. The van der Waals surface area contributed by atoms with Crippen molar-refractivity contribution in [2.24, 2.45) is 0 Å². The van der Waals surface area contributed by atoms with Gasteiger partial charge in [0.1, 0.15) is 0 Å². The number of aliphatic hydroxyl groups is 1. The maximum absolute atomic E-state index is 12.1. The van der Waals surface area contributed by atoms with E-state index in [4.69, 9.17) is 5.11 Å². The molecule has 0 aliphatic carbocycles. The highest BCUT2D eigenvalue weighted by Gasteiger charge is 2.30. The van der Waals surface area contributed by atoms with Gasteiger partial charge in [-0.05, 0) is 24.1 Å². The maximum atomic E-state index is 12.1. The van der Waals surface area contributed by atoms with E-state index in [2.05, 4.69) is 0 Å². The molecule has 2 N–H and O–H groups in total. The highest BCUT2D eigenvalue weighted by molar-refractivity contribution is 7.88. The molecule has 1 atom stereocenters. The largest absolute Gasteiger partial charge is 0.478 e. The molecule has 1 aromatic carbocycles. The van der Waals surface area contributed by atoms with Crippen molar-refractivity contribution in [2.75, 3.05) is 13.1 Å². The third kappa shape index (κ3) is 3.31. The number of carbonyl (C=O) groups is 1. The zero-order valence-corrected chi connectivity index (χ0v) is 11.0. The second-order valence-corrected chi connectivity index (χ2v) is 6.53. The summed E-state index contributed by atoms with van der Waals surface area (Å²) in [6, 6.07) is 5.75. The first-order chi connectivity index (χ1) is 8.88. The van der Waals surface area contributed by atoms with Crippen LogP contribution in [0.1, 0.15) is 22.3 Å². The smallest absolute Gasteiger partial charge is 0.335 e. The summed E-state index contributed by atoms with van der Waals surface area (Å²) in [6.07, 6.45) is -0.138. The third-order valence-electron chi connectivity index (χ3n) is 3.07. The van der Waals surface area contributed by atoms with E-state index in [1.165, 1.54) is 28.6 Å². The number of aromatic carboxylic acids is 1. The molecule has 2 rings (SSSR count). The topological polar surface area (TPSA) is 94.9 Å². The van der Waals surface area contributed by atoms with Gasteiger partial charge in [-0.25, -0.2) is 13.2 Å². The fraction of sp³-hybridized carbons (Fsp3) is 0.417. The van der Waals surface area contributed by atoms with Crippen LogP contribution in [0.2, 0.25) is 0 Å². The van der Waals surface area contributed by atoms with Gasteiger partial charge in [-0.15, -0.1) is 0 Å². The quantitative estimate of drug-likeness (QED) is 0.828. The lowest BCUT2D eigenvalue weighted by Crippen LogP contribution is -2.30. The zero-order chi connectivity index (χ0) is 14.0. The Hall–Kier alpha value is -1.44. The average Bonchev–Trinajstić information content (AvgIpc) is 2.77. The predicted octanol–water partition coefficient (Wildman–Crippen LogP) is 0.281. The molecular weight excluding hydrogens is 270 g/mol. The van der Waals surface area contributed by atoms with Crippen LogP contribution in [0, 0.1) is 0 Å². The molecule has 0 spiro atoms. The van der Waals surface area contributed by atoms with E-state index in [-0.39, 0.29) is 17.9 Å². The van der Waals surface area contributed by atoms with Crippen molar-refractivity contribution in [2.45, 2.75) is 18.3 Å². The first-order valence-corrected chi connectivity index (χ1v) is 7.47. The van der Waals surface area contributed by atoms with Gasteiger partial charge in [0.2, 0.25) is 10.0 Å². The highest BCUT2D eigenvalue weighted by atomic mass is 32.2. The van der Waals surface area contributed by atoms with E-state index in [1.54, 1.807) is 0 Å². The molecule has 7 heteroatoms. The van der Waals surface area contributed by atoms with Crippen molar-refractivity contribution in [1.82, 2.24) is 4.31 Å². The lowest BCUT2D eigenvalue weighted by Gasteiger charge is -2.15. The molecule has 1 aliphatic heterocycles. The lowest BCUT2D eigenvalue weighted by atomic mass is 10.1. The summed E-state index contributed by atoms with van der Waals surface area (Å²) in [5.41, 5.74) is 0.657. The van der Waals surface area contributed by atoms with Gasteiger partial charge in [-0.2, -0.15) is 4.31 Å². The summed E-state index contributed by atoms with van der Waals surface area (Å²) in [7, 11) is -3.45. The van der Waals surface area contributed by atoms with Gasteiger partial charge in [0.05, 0.1) is 17.4 Å². The number of β-amino-alcohol motifs (C(OH)–C–C–N with tert-alkyl or cyclic N) is 1. The first-order valence-electron chi connectivity index (χ1n) is 5.86. The van der Waals surface area contributed by atoms with Crippen molar-refractivity contribution in [3.63, 3.8) is 0 Å². The number of sulfonamides is 1. The number of aliphatic hydroxyl groups excluding tert-OH is 1. The Morgan fingerprint density at radius 2 is 1.95 bits per heavy atom. The monoisotopic (exact) mass is 285 g/mol. The minimum atomic E-state index is -3.45. The van der Waals surface area contributed by atoms with Gasteiger partial charge in [0, 0.05) is 13.1 Å². The molecule has 1 saturated heterocycles. The van der Waals surface area contributed by atoms with Gasteiger partial charge in [0.25, 0.3) is 0 Å².